The lowest BCUT2D eigenvalue weighted by molar-refractivity contribution is -0.137. The molecular formula is C15H17NO5. The van der Waals surface area contributed by atoms with E-state index in [9.17, 15) is 14.4 Å². The number of hydrogen-bond acceptors (Lipinski definition) is 5. The summed E-state index contributed by atoms with van der Waals surface area (Å²) in [4.78, 5) is 36.1. The van der Waals surface area contributed by atoms with E-state index in [1.54, 1.807) is 13.8 Å². The monoisotopic (exact) mass is 291 g/mol. The number of Topliss-reactive ketones (excluding diaryl/α,β-unsaturated/α-hetero) is 1. The van der Waals surface area contributed by atoms with Gasteiger partial charge in [0.25, 0.3) is 5.78 Å². The van der Waals surface area contributed by atoms with Crippen LogP contribution in [0.1, 0.15) is 51.5 Å². The van der Waals surface area contributed by atoms with Gasteiger partial charge in [-0.2, -0.15) is 0 Å². The molecule has 1 aromatic heterocycles. The number of hydrogen-bond donors (Lipinski definition) is 0. The normalized spacial score (nSPS) is 21.5. The molecule has 1 saturated carbocycles. The highest BCUT2D eigenvalue weighted by Gasteiger charge is 2.50. The van der Waals surface area contributed by atoms with Crippen LogP contribution in [-0.4, -0.2) is 36.0 Å². The van der Waals surface area contributed by atoms with Gasteiger partial charge in [0.1, 0.15) is 5.69 Å². The van der Waals surface area contributed by atoms with Crippen molar-refractivity contribution in [2.45, 2.75) is 32.7 Å². The fourth-order valence-electron chi connectivity index (χ4n) is 3.30. The van der Waals surface area contributed by atoms with Crippen molar-refractivity contribution in [2.75, 3.05) is 13.7 Å². The van der Waals surface area contributed by atoms with E-state index in [4.69, 9.17) is 9.47 Å². The average molecular weight is 291 g/mol. The molecule has 1 fully saturated rings. The lowest BCUT2D eigenvalue weighted by atomic mass is 10.0. The minimum atomic E-state index is -0.869. The Bertz CT molecular complexity index is 658. The molecule has 2 atom stereocenters. The van der Waals surface area contributed by atoms with E-state index in [2.05, 4.69) is 0 Å². The molecule has 1 aliphatic carbocycles. The summed E-state index contributed by atoms with van der Waals surface area (Å²) in [6, 6.07) is 0.261. The summed E-state index contributed by atoms with van der Waals surface area (Å²) in [5, 5.41) is 0. The van der Waals surface area contributed by atoms with Gasteiger partial charge in [0.05, 0.1) is 19.3 Å². The van der Waals surface area contributed by atoms with Crippen LogP contribution in [0.25, 0.3) is 0 Å². The van der Waals surface area contributed by atoms with Gasteiger partial charge in [0.2, 0.25) is 0 Å². The van der Waals surface area contributed by atoms with Crippen LogP contribution in [0.3, 0.4) is 0 Å². The number of esters is 2. The van der Waals surface area contributed by atoms with E-state index in [-0.39, 0.29) is 12.6 Å². The van der Waals surface area contributed by atoms with Crippen LogP contribution in [0.4, 0.5) is 0 Å². The zero-order valence-corrected chi connectivity index (χ0v) is 12.3. The zero-order valence-electron chi connectivity index (χ0n) is 12.3. The first-order valence-electron chi connectivity index (χ1n) is 7.04. The molecule has 3 rings (SSSR count). The molecule has 6 heteroatoms. The van der Waals surface area contributed by atoms with Crippen molar-refractivity contribution in [3.8, 4) is 0 Å². The second-order valence-electron chi connectivity index (χ2n) is 5.47. The second-order valence-corrected chi connectivity index (χ2v) is 5.47. The topological polar surface area (TPSA) is 74.6 Å². The van der Waals surface area contributed by atoms with Gasteiger partial charge < -0.3 is 14.0 Å². The number of fused-ring (bicyclic) bond motifs is 3. The van der Waals surface area contributed by atoms with Crippen LogP contribution in [-0.2, 0) is 20.7 Å². The summed E-state index contributed by atoms with van der Waals surface area (Å²) >= 11 is 0. The van der Waals surface area contributed by atoms with Crippen LogP contribution < -0.4 is 0 Å². The number of nitrogens with zero attached hydrogens (tertiary/aromatic N) is 1. The Morgan fingerprint density at radius 2 is 2.05 bits per heavy atom. The maximum atomic E-state index is 12.3. The minimum absolute atomic E-state index is 0.148. The Balaban J connectivity index is 2.10. The van der Waals surface area contributed by atoms with Crippen LogP contribution >= 0.6 is 0 Å². The lowest BCUT2D eigenvalue weighted by Gasteiger charge is -2.06. The zero-order chi connectivity index (χ0) is 15.3. The number of ketones is 1. The smallest absolute Gasteiger partial charge is 0.379 e. The highest BCUT2D eigenvalue weighted by Crippen LogP contribution is 2.54. The summed E-state index contributed by atoms with van der Waals surface area (Å²) in [6.07, 6.45) is 1.74. The van der Waals surface area contributed by atoms with Crippen molar-refractivity contribution in [1.82, 2.24) is 4.57 Å². The first-order valence-corrected chi connectivity index (χ1v) is 7.04. The van der Waals surface area contributed by atoms with E-state index in [0.717, 1.165) is 18.5 Å². The van der Waals surface area contributed by atoms with E-state index in [0.29, 0.717) is 22.7 Å². The van der Waals surface area contributed by atoms with Gasteiger partial charge in [0, 0.05) is 11.7 Å². The first kappa shape index (κ1) is 13.9. The number of carbonyl (C=O) groups excluding carboxylic acids is 3. The minimum Gasteiger partial charge on any atom is -0.464 e. The molecule has 0 bridgehead atoms. The van der Waals surface area contributed by atoms with E-state index in [1.807, 2.05) is 4.57 Å². The molecule has 0 N–H and O–H groups in total. The molecular weight excluding hydrogens is 274 g/mol. The predicted octanol–water partition coefficient (Wildman–Crippen LogP) is 1.45. The van der Waals surface area contributed by atoms with Crippen LogP contribution in [0, 0.1) is 12.8 Å². The van der Waals surface area contributed by atoms with Gasteiger partial charge in [-0.05, 0) is 38.2 Å². The van der Waals surface area contributed by atoms with E-state index < -0.39 is 17.7 Å². The van der Waals surface area contributed by atoms with Crippen molar-refractivity contribution < 1.29 is 23.9 Å². The molecule has 21 heavy (non-hydrogen) atoms. The molecule has 2 heterocycles. The standard InChI is InChI=1S/C15H17NO5/c1-4-21-15(19)13(17)11-7(2)12(14(18)20-3)16-9-5-8(9)6-10(11)16/h8-9H,4-6H2,1-3H3/t8?,9-/m1/s1. The number of ether oxygens (including phenoxy) is 2. The van der Waals surface area contributed by atoms with Gasteiger partial charge in [-0.25, -0.2) is 9.59 Å². The highest BCUT2D eigenvalue weighted by atomic mass is 16.5. The number of rotatable bonds is 4. The second kappa shape index (κ2) is 4.72. The largest absolute Gasteiger partial charge is 0.464 e. The highest BCUT2D eigenvalue weighted by molar-refractivity contribution is 6.41. The van der Waals surface area contributed by atoms with Crippen LogP contribution in [0.2, 0.25) is 0 Å². The fraction of sp³-hybridized carbons (Fsp3) is 0.533. The van der Waals surface area contributed by atoms with Crippen molar-refractivity contribution in [2.24, 2.45) is 5.92 Å². The third-order valence-corrected chi connectivity index (χ3v) is 4.29. The molecule has 1 unspecified atom stereocenters. The number of carbonyl (C=O) groups is 3. The van der Waals surface area contributed by atoms with Gasteiger partial charge in [0.15, 0.2) is 0 Å². The molecule has 0 saturated heterocycles. The van der Waals surface area contributed by atoms with Gasteiger partial charge >= 0.3 is 11.9 Å². The third-order valence-electron chi connectivity index (χ3n) is 4.29. The molecule has 0 amide bonds. The molecule has 112 valence electrons. The average Bonchev–Trinajstić information content (AvgIpc) is 3.04. The Morgan fingerprint density at radius 1 is 1.33 bits per heavy atom. The number of aromatic nitrogens is 1. The van der Waals surface area contributed by atoms with Gasteiger partial charge in [-0.3, -0.25) is 4.79 Å². The Morgan fingerprint density at radius 3 is 2.67 bits per heavy atom. The molecule has 1 aliphatic heterocycles. The Kier molecular flexibility index (Phi) is 3.11. The molecule has 0 spiro atoms. The van der Waals surface area contributed by atoms with Crippen molar-refractivity contribution in [3.63, 3.8) is 0 Å². The van der Waals surface area contributed by atoms with Gasteiger partial charge in [-0.1, -0.05) is 0 Å². The van der Waals surface area contributed by atoms with Crippen LogP contribution in [0.15, 0.2) is 0 Å². The Labute approximate surface area is 122 Å². The van der Waals surface area contributed by atoms with Crippen molar-refractivity contribution in [3.05, 3.63) is 22.5 Å². The van der Waals surface area contributed by atoms with Crippen LogP contribution in [0.5, 0.6) is 0 Å². The summed E-state index contributed by atoms with van der Waals surface area (Å²) in [6.45, 7) is 3.48. The summed E-state index contributed by atoms with van der Waals surface area (Å²) < 4.78 is 11.5. The van der Waals surface area contributed by atoms with Crippen molar-refractivity contribution >= 4 is 17.7 Å². The first-order chi connectivity index (χ1) is 10.0. The van der Waals surface area contributed by atoms with E-state index >= 15 is 0 Å². The summed E-state index contributed by atoms with van der Waals surface area (Å²) in [5.74, 6) is -1.54. The molecule has 0 aromatic carbocycles. The fourth-order valence-corrected chi connectivity index (χ4v) is 3.30. The quantitative estimate of drug-likeness (QED) is 0.477. The molecule has 1 aromatic rings. The molecule has 2 aliphatic rings. The van der Waals surface area contributed by atoms with E-state index in [1.165, 1.54) is 7.11 Å². The summed E-state index contributed by atoms with van der Waals surface area (Å²) in [7, 11) is 1.31. The predicted molar refractivity (Wildman–Crippen MR) is 72.3 cm³/mol. The Hall–Kier alpha value is -2.11. The maximum Gasteiger partial charge on any atom is 0.379 e. The lowest BCUT2D eigenvalue weighted by Crippen LogP contribution is -2.19. The number of methoxy groups -OCH3 is 1. The third kappa shape index (κ3) is 1.89. The van der Waals surface area contributed by atoms with Crippen molar-refractivity contribution in [1.29, 1.82) is 0 Å². The molecule has 6 nitrogen and oxygen atoms in total. The van der Waals surface area contributed by atoms with Gasteiger partial charge in [-0.15, -0.1) is 0 Å². The molecule has 0 radical (unpaired) electrons. The SMILES string of the molecule is CCOC(=O)C(=O)c1c(C)c(C(=O)OC)n2c1CC1C[C@H]12. The maximum absolute atomic E-state index is 12.3. The summed E-state index contributed by atoms with van der Waals surface area (Å²) in [5.41, 5.74) is 2.00.